The average Bonchev–Trinajstić information content (AvgIpc) is 3.22. The number of carbonyl (C=O) groups excluding carboxylic acids is 2. The van der Waals surface area contributed by atoms with E-state index in [1.807, 2.05) is 0 Å². The summed E-state index contributed by atoms with van der Waals surface area (Å²) in [4.78, 5) is 28.7. The number of alkyl halides is 3. The van der Waals surface area contributed by atoms with Gasteiger partial charge in [0.1, 0.15) is 11.3 Å². The Morgan fingerprint density at radius 2 is 1.79 bits per heavy atom. The van der Waals surface area contributed by atoms with Crippen LogP contribution in [-0.4, -0.2) is 33.4 Å². The van der Waals surface area contributed by atoms with Crippen LogP contribution in [0.3, 0.4) is 0 Å². The number of amides is 1. The lowest BCUT2D eigenvalue weighted by Crippen LogP contribution is -2.16. The highest BCUT2D eigenvalue weighted by molar-refractivity contribution is 6.08. The molecule has 0 saturated carbocycles. The number of benzene rings is 2. The van der Waals surface area contributed by atoms with E-state index < -0.39 is 17.8 Å². The van der Waals surface area contributed by atoms with Gasteiger partial charge in [-0.3, -0.25) is 9.59 Å². The van der Waals surface area contributed by atoms with E-state index in [1.54, 1.807) is 42.5 Å². The summed E-state index contributed by atoms with van der Waals surface area (Å²) in [5.41, 5.74) is -0.353. The fourth-order valence-corrected chi connectivity index (χ4v) is 3.25. The number of hydrogen-bond acceptors (Lipinski definition) is 5. The van der Waals surface area contributed by atoms with Gasteiger partial charge in [0.05, 0.1) is 19.0 Å². The molecule has 1 amide bonds. The van der Waals surface area contributed by atoms with Crippen molar-refractivity contribution in [1.82, 2.24) is 14.6 Å². The second-order valence-electron chi connectivity index (χ2n) is 7.14. The van der Waals surface area contributed by atoms with Crippen molar-refractivity contribution in [3.05, 3.63) is 77.6 Å². The summed E-state index contributed by atoms with van der Waals surface area (Å²) in [5, 5.41) is 6.34. The number of aromatic nitrogens is 3. The van der Waals surface area contributed by atoms with Gasteiger partial charge in [-0.1, -0.05) is 12.1 Å². The number of anilines is 1. The largest absolute Gasteiger partial charge is 0.497 e. The molecule has 0 aliphatic heterocycles. The van der Waals surface area contributed by atoms with E-state index in [-0.39, 0.29) is 22.7 Å². The predicted octanol–water partition coefficient (Wildman–Crippen LogP) is 4.88. The molecule has 0 aliphatic rings. The monoisotopic (exact) mass is 454 g/mol. The summed E-state index contributed by atoms with van der Waals surface area (Å²) in [6, 6.07) is 13.4. The van der Waals surface area contributed by atoms with Crippen molar-refractivity contribution in [2.24, 2.45) is 0 Å². The second kappa shape index (κ2) is 8.38. The Morgan fingerprint density at radius 1 is 1.06 bits per heavy atom. The van der Waals surface area contributed by atoms with Crippen molar-refractivity contribution in [3.63, 3.8) is 0 Å². The summed E-state index contributed by atoms with van der Waals surface area (Å²) in [6.07, 6.45) is -3.71. The minimum Gasteiger partial charge on any atom is -0.497 e. The fraction of sp³-hybridized carbons (Fsp3) is 0.130. The molecule has 0 bridgehead atoms. The number of halogens is 3. The standard InChI is InChI=1S/C23H17F3N4O3/c1-13(31)15-4-3-5-16(10-15)28-22(32)18-12-27-30-20(23(24,25)26)11-19(29-21(18)30)14-6-8-17(33-2)9-7-14/h3-12H,1-2H3,(H,28,32). The molecule has 0 radical (unpaired) electrons. The van der Waals surface area contributed by atoms with Gasteiger partial charge in [-0.2, -0.15) is 18.3 Å². The van der Waals surface area contributed by atoms with Crippen LogP contribution in [0.5, 0.6) is 5.75 Å². The Bertz CT molecular complexity index is 1360. The lowest BCUT2D eigenvalue weighted by molar-refractivity contribution is -0.142. The molecule has 168 valence electrons. The molecule has 0 aliphatic carbocycles. The highest BCUT2D eigenvalue weighted by Crippen LogP contribution is 2.33. The molecule has 0 unspecified atom stereocenters. The van der Waals surface area contributed by atoms with E-state index in [1.165, 1.54) is 20.1 Å². The molecular weight excluding hydrogens is 437 g/mol. The number of methoxy groups -OCH3 is 1. The number of nitrogens with one attached hydrogen (secondary N) is 1. The third-order valence-corrected chi connectivity index (χ3v) is 4.92. The molecule has 1 N–H and O–H groups in total. The Balaban J connectivity index is 1.80. The Hall–Kier alpha value is -4.21. The van der Waals surface area contributed by atoms with Crippen LogP contribution >= 0.6 is 0 Å². The Labute approximate surface area is 185 Å². The molecule has 0 fully saturated rings. The number of nitrogens with zero attached hydrogens (tertiary/aromatic N) is 3. The van der Waals surface area contributed by atoms with E-state index >= 15 is 0 Å². The van der Waals surface area contributed by atoms with Crippen LogP contribution in [0.15, 0.2) is 60.8 Å². The van der Waals surface area contributed by atoms with Crippen LogP contribution in [-0.2, 0) is 6.18 Å². The van der Waals surface area contributed by atoms with Crippen molar-refractivity contribution in [1.29, 1.82) is 0 Å². The Kier molecular flexibility index (Phi) is 5.59. The summed E-state index contributed by atoms with van der Waals surface area (Å²) in [5.74, 6) is -0.367. The number of fused-ring (bicyclic) bond motifs is 1. The van der Waals surface area contributed by atoms with Gasteiger partial charge in [-0.15, -0.1) is 0 Å². The molecular formula is C23H17F3N4O3. The van der Waals surface area contributed by atoms with Gasteiger partial charge < -0.3 is 10.1 Å². The summed E-state index contributed by atoms with van der Waals surface area (Å²) in [6.45, 7) is 1.38. The highest BCUT2D eigenvalue weighted by Gasteiger charge is 2.36. The zero-order chi connectivity index (χ0) is 23.8. The van der Waals surface area contributed by atoms with E-state index in [0.29, 0.717) is 27.1 Å². The number of Topliss-reactive ketones (excluding diaryl/α,β-unsaturated/α-hetero) is 1. The van der Waals surface area contributed by atoms with E-state index in [4.69, 9.17) is 4.74 Å². The van der Waals surface area contributed by atoms with Gasteiger partial charge in [0.25, 0.3) is 5.91 Å². The van der Waals surface area contributed by atoms with Crippen molar-refractivity contribution < 1.29 is 27.5 Å². The number of ketones is 1. The maximum Gasteiger partial charge on any atom is 0.433 e. The van der Waals surface area contributed by atoms with Crippen LogP contribution in [0.1, 0.15) is 33.3 Å². The Morgan fingerprint density at radius 3 is 2.42 bits per heavy atom. The van der Waals surface area contributed by atoms with Crippen LogP contribution in [0, 0.1) is 0 Å². The molecule has 4 rings (SSSR count). The predicted molar refractivity (Wildman–Crippen MR) is 114 cm³/mol. The fourth-order valence-electron chi connectivity index (χ4n) is 3.25. The molecule has 33 heavy (non-hydrogen) atoms. The zero-order valence-electron chi connectivity index (χ0n) is 17.5. The maximum atomic E-state index is 13.8. The van der Waals surface area contributed by atoms with E-state index in [9.17, 15) is 22.8 Å². The van der Waals surface area contributed by atoms with Crippen LogP contribution in [0.25, 0.3) is 16.9 Å². The number of carbonyl (C=O) groups is 2. The number of rotatable bonds is 5. The smallest absolute Gasteiger partial charge is 0.433 e. The summed E-state index contributed by atoms with van der Waals surface area (Å²) >= 11 is 0. The van der Waals surface area contributed by atoms with Crippen molar-refractivity contribution >= 4 is 23.0 Å². The van der Waals surface area contributed by atoms with E-state index in [0.717, 1.165) is 12.3 Å². The summed E-state index contributed by atoms with van der Waals surface area (Å²) < 4.78 is 47.0. The zero-order valence-corrected chi connectivity index (χ0v) is 17.5. The molecule has 2 heterocycles. The summed E-state index contributed by atoms with van der Waals surface area (Å²) in [7, 11) is 1.48. The normalized spacial score (nSPS) is 11.4. The first-order valence-electron chi connectivity index (χ1n) is 9.70. The van der Waals surface area contributed by atoms with Gasteiger partial charge in [0.2, 0.25) is 0 Å². The minimum absolute atomic E-state index is 0.0191. The number of ether oxygens (including phenoxy) is 1. The first-order valence-corrected chi connectivity index (χ1v) is 9.70. The molecule has 10 heteroatoms. The molecule has 0 spiro atoms. The van der Waals surface area contributed by atoms with Crippen LogP contribution < -0.4 is 10.1 Å². The maximum absolute atomic E-state index is 13.8. The van der Waals surface area contributed by atoms with Crippen LogP contribution in [0.4, 0.5) is 18.9 Å². The van der Waals surface area contributed by atoms with Gasteiger partial charge in [-0.05, 0) is 49.4 Å². The molecule has 2 aromatic heterocycles. The minimum atomic E-state index is -4.74. The van der Waals surface area contributed by atoms with E-state index in [2.05, 4.69) is 15.4 Å². The highest BCUT2D eigenvalue weighted by atomic mass is 19.4. The second-order valence-corrected chi connectivity index (χ2v) is 7.14. The topological polar surface area (TPSA) is 85.6 Å². The van der Waals surface area contributed by atoms with Gasteiger partial charge in [0.15, 0.2) is 17.1 Å². The third-order valence-electron chi connectivity index (χ3n) is 4.92. The quantitative estimate of drug-likeness (QED) is 0.435. The molecule has 4 aromatic rings. The SMILES string of the molecule is COc1ccc(-c2cc(C(F)(F)F)n3ncc(C(=O)Nc4cccc(C(C)=O)c4)c3n2)cc1. The molecule has 0 saturated heterocycles. The molecule has 7 nitrogen and oxygen atoms in total. The third kappa shape index (κ3) is 4.40. The number of hydrogen-bond donors (Lipinski definition) is 1. The van der Waals surface area contributed by atoms with Crippen LogP contribution in [0.2, 0.25) is 0 Å². The molecule has 0 atom stereocenters. The van der Waals surface area contributed by atoms with Crippen molar-refractivity contribution in [2.75, 3.05) is 12.4 Å². The first-order chi connectivity index (χ1) is 15.7. The van der Waals surface area contributed by atoms with Gasteiger partial charge in [0, 0.05) is 16.8 Å². The van der Waals surface area contributed by atoms with Gasteiger partial charge in [-0.25, -0.2) is 9.50 Å². The first kappa shape index (κ1) is 22.0. The lowest BCUT2D eigenvalue weighted by Gasteiger charge is -2.12. The van der Waals surface area contributed by atoms with Crippen molar-refractivity contribution in [2.45, 2.75) is 13.1 Å². The average molecular weight is 454 g/mol. The molecule has 2 aromatic carbocycles. The van der Waals surface area contributed by atoms with Crippen molar-refractivity contribution in [3.8, 4) is 17.0 Å². The lowest BCUT2D eigenvalue weighted by atomic mass is 10.1. The van der Waals surface area contributed by atoms with Gasteiger partial charge >= 0.3 is 6.18 Å².